The Morgan fingerprint density at radius 2 is 2.00 bits per heavy atom. The molecule has 2 N–H and O–H groups in total. The molecule has 14 heavy (non-hydrogen) atoms. The molecule has 1 aromatic carbocycles. The minimum Gasteiger partial charge on any atom is -0.365 e. The topological polar surface area (TPSA) is 86.2 Å². The Labute approximate surface area is 80.7 Å². The lowest BCUT2D eigenvalue weighted by Crippen LogP contribution is -2.15. The van der Waals surface area contributed by atoms with Gasteiger partial charge < -0.3 is 5.73 Å². The van der Waals surface area contributed by atoms with Gasteiger partial charge in [0.15, 0.2) is 0 Å². The monoisotopic (exact) mass is 194 g/mol. The fourth-order valence-electron chi connectivity index (χ4n) is 1.26. The van der Waals surface area contributed by atoms with Crippen LogP contribution in [0.4, 0.5) is 5.69 Å². The average molecular weight is 194 g/mol. The van der Waals surface area contributed by atoms with E-state index < -0.39 is 10.8 Å². The lowest BCUT2D eigenvalue weighted by atomic mass is 10.0. The SMILES string of the molecule is Cc1ccc([N+](=O)[O-])c(C(N)=O)c1C. The number of hydrogen-bond acceptors (Lipinski definition) is 3. The van der Waals surface area contributed by atoms with Crippen molar-refractivity contribution in [2.45, 2.75) is 13.8 Å². The number of benzene rings is 1. The van der Waals surface area contributed by atoms with E-state index in [1.165, 1.54) is 6.07 Å². The van der Waals surface area contributed by atoms with Gasteiger partial charge >= 0.3 is 0 Å². The summed E-state index contributed by atoms with van der Waals surface area (Å²) in [5.41, 5.74) is 6.21. The number of rotatable bonds is 2. The fourth-order valence-corrected chi connectivity index (χ4v) is 1.26. The van der Waals surface area contributed by atoms with Gasteiger partial charge in [-0.05, 0) is 25.0 Å². The van der Waals surface area contributed by atoms with Gasteiger partial charge in [0.05, 0.1) is 4.92 Å². The summed E-state index contributed by atoms with van der Waals surface area (Å²) in [5, 5.41) is 10.6. The zero-order valence-electron chi connectivity index (χ0n) is 7.90. The van der Waals surface area contributed by atoms with Crippen LogP contribution in [-0.2, 0) is 0 Å². The molecule has 0 heterocycles. The number of nitrogens with two attached hydrogens (primary N) is 1. The molecule has 5 heteroatoms. The normalized spacial score (nSPS) is 9.86. The molecule has 0 unspecified atom stereocenters. The van der Waals surface area contributed by atoms with Crippen LogP contribution in [-0.4, -0.2) is 10.8 Å². The Morgan fingerprint density at radius 1 is 1.43 bits per heavy atom. The smallest absolute Gasteiger partial charge is 0.282 e. The standard InChI is InChI=1S/C9H10N2O3/c1-5-3-4-7(11(13)14)8(6(5)2)9(10)12/h3-4H,1-2H3,(H2,10,12). The number of primary amides is 1. The van der Waals surface area contributed by atoms with Crippen molar-refractivity contribution in [2.24, 2.45) is 5.73 Å². The van der Waals surface area contributed by atoms with Crippen LogP contribution in [0.3, 0.4) is 0 Å². The molecular weight excluding hydrogens is 184 g/mol. The summed E-state index contributed by atoms with van der Waals surface area (Å²) >= 11 is 0. The maximum Gasteiger partial charge on any atom is 0.282 e. The number of nitro benzene ring substituents is 1. The van der Waals surface area contributed by atoms with Gasteiger partial charge in [-0.3, -0.25) is 14.9 Å². The van der Waals surface area contributed by atoms with E-state index in [9.17, 15) is 14.9 Å². The second-order valence-corrected chi connectivity index (χ2v) is 3.02. The number of amides is 1. The van der Waals surface area contributed by atoms with E-state index in [-0.39, 0.29) is 11.3 Å². The number of nitro groups is 1. The Hall–Kier alpha value is -1.91. The zero-order chi connectivity index (χ0) is 10.9. The van der Waals surface area contributed by atoms with Gasteiger partial charge in [-0.25, -0.2) is 0 Å². The highest BCUT2D eigenvalue weighted by atomic mass is 16.6. The molecule has 1 amide bonds. The van der Waals surface area contributed by atoms with Gasteiger partial charge in [0.25, 0.3) is 11.6 Å². The predicted octanol–water partition coefficient (Wildman–Crippen LogP) is 1.31. The largest absolute Gasteiger partial charge is 0.365 e. The first-order valence-corrected chi connectivity index (χ1v) is 3.99. The number of aryl methyl sites for hydroxylation is 1. The number of carbonyl (C=O) groups excluding carboxylic acids is 1. The Kier molecular flexibility index (Phi) is 2.51. The molecule has 1 aromatic rings. The summed E-state index contributed by atoms with van der Waals surface area (Å²) in [7, 11) is 0. The van der Waals surface area contributed by atoms with E-state index in [0.717, 1.165) is 5.56 Å². The highest BCUT2D eigenvalue weighted by molar-refractivity contribution is 5.98. The first-order valence-electron chi connectivity index (χ1n) is 3.99. The lowest BCUT2D eigenvalue weighted by molar-refractivity contribution is -0.385. The van der Waals surface area contributed by atoms with Crippen molar-refractivity contribution in [1.29, 1.82) is 0 Å². The summed E-state index contributed by atoms with van der Waals surface area (Å²) in [6.07, 6.45) is 0. The van der Waals surface area contributed by atoms with Crippen LogP contribution < -0.4 is 5.73 Å². The van der Waals surface area contributed by atoms with E-state index in [1.807, 2.05) is 0 Å². The molecule has 0 aliphatic rings. The summed E-state index contributed by atoms with van der Waals surface area (Å²) < 4.78 is 0. The van der Waals surface area contributed by atoms with Crippen LogP contribution in [0.15, 0.2) is 12.1 Å². The van der Waals surface area contributed by atoms with E-state index in [4.69, 9.17) is 5.73 Å². The first-order chi connectivity index (χ1) is 6.45. The predicted molar refractivity (Wildman–Crippen MR) is 51.1 cm³/mol. The van der Waals surface area contributed by atoms with Crippen molar-refractivity contribution in [2.75, 3.05) is 0 Å². The summed E-state index contributed by atoms with van der Waals surface area (Å²) in [6, 6.07) is 2.89. The molecule has 0 saturated heterocycles. The molecule has 0 fully saturated rings. The molecule has 0 spiro atoms. The summed E-state index contributed by atoms with van der Waals surface area (Å²) in [4.78, 5) is 21.0. The third kappa shape index (κ3) is 1.56. The average Bonchev–Trinajstić information content (AvgIpc) is 2.08. The fraction of sp³-hybridized carbons (Fsp3) is 0.222. The van der Waals surface area contributed by atoms with E-state index in [2.05, 4.69) is 0 Å². The van der Waals surface area contributed by atoms with Crippen molar-refractivity contribution in [3.63, 3.8) is 0 Å². The van der Waals surface area contributed by atoms with E-state index >= 15 is 0 Å². The van der Waals surface area contributed by atoms with Gasteiger partial charge in [-0.15, -0.1) is 0 Å². The Bertz CT molecular complexity index is 413. The second kappa shape index (κ2) is 3.45. The minimum absolute atomic E-state index is 0.00463. The van der Waals surface area contributed by atoms with Crippen molar-refractivity contribution in [1.82, 2.24) is 0 Å². The van der Waals surface area contributed by atoms with E-state index in [0.29, 0.717) is 5.56 Å². The van der Waals surface area contributed by atoms with Gasteiger partial charge in [0.1, 0.15) is 5.56 Å². The molecule has 0 aliphatic carbocycles. The highest BCUT2D eigenvalue weighted by Crippen LogP contribution is 2.23. The maximum atomic E-state index is 11.0. The molecule has 0 radical (unpaired) electrons. The molecule has 0 aliphatic heterocycles. The van der Waals surface area contributed by atoms with Crippen LogP contribution in [0, 0.1) is 24.0 Å². The van der Waals surface area contributed by atoms with Crippen molar-refractivity contribution in [3.8, 4) is 0 Å². The maximum absolute atomic E-state index is 11.0. The van der Waals surface area contributed by atoms with Gasteiger partial charge in [-0.1, -0.05) is 6.07 Å². The number of nitrogens with zero attached hydrogens (tertiary/aromatic N) is 1. The van der Waals surface area contributed by atoms with Gasteiger partial charge in [-0.2, -0.15) is 0 Å². The van der Waals surface area contributed by atoms with Crippen molar-refractivity contribution in [3.05, 3.63) is 38.9 Å². The molecule has 0 bridgehead atoms. The lowest BCUT2D eigenvalue weighted by Gasteiger charge is -2.05. The first kappa shape index (κ1) is 10.2. The van der Waals surface area contributed by atoms with Crippen LogP contribution in [0.2, 0.25) is 0 Å². The van der Waals surface area contributed by atoms with Crippen LogP contribution in [0.5, 0.6) is 0 Å². The van der Waals surface area contributed by atoms with Crippen LogP contribution in [0.1, 0.15) is 21.5 Å². The second-order valence-electron chi connectivity index (χ2n) is 3.02. The molecular formula is C9H10N2O3. The summed E-state index contributed by atoms with van der Waals surface area (Å²) in [5.74, 6) is -0.766. The van der Waals surface area contributed by atoms with Crippen molar-refractivity contribution >= 4 is 11.6 Å². The molecule has 74 valence electrons. The molecule has 1 rings (SSSR count). The van der Waals surface area contributed by atoms with Crippen molar-refractivity contribution < 1.29 is 9.72 Å². The Morgan fingerprint density at radius 3 is 2.43 bits per heavy atom. The highest BCUT2D eigenvalue weighted by Gasteiger charge is 2.21. The Balaban J connectivity index is 3.53. The minimum atomic E-state index is -0.766. The molecule has 5 nitrogen and oxygen atoms in total. The number of hydrogen-bond donors (Lipinski definition) is 1. The third-order valence-electron chi connectivity index (χ3n) is 2.16. The van der Waals surface area contributed by atoms with Gasteiger partial charge in [0.2, 0.25) is 0 Å². The third-order valence-corrected chi connectivity index (χ3v) is 2.16. The molecule has 0 aromatic heterocycles. The number of carbonyl (C=O) groups is 1. The quantitative estimate of drug-likeness (QED) is 0.568. The van der Waals surface area contributed by atoms with E-state index in [1.54, 1.807) is 19.9 Å². The zero-order valence-corrected chi connectivity index (χ0v) is 7.90. The molecule has 0 saturated carbocycles. The van der Waals surface area contributed by atoms with Gasteiger partial charge in [0, 0.05) is 6.07 Å². The molecule has 0 atom stereocenters. The van der Waals surface area contributed by atoms with Crippen LogP contribution in [0.25, 0.3) is 0 Å². The summed E-state index contributed by atoms with van der Waals surface area (Å²) in [6.45, 7) is 3.41. The van der Waals surface area contributed by atoms with Crippen LogP contribution >= 0.6 is 0 Å².